The van der Waals surface area contributed by atoms with Crippen molar-refractivity contribution in [3.8, 4) is 5.69 Å². The summed E-state index contributed by atoms with van der Waals surface area (Å²) in [5.74, 6) is 0.744. The fourth-order valence-corrected chi connectivity index (χ4v) is 1.96. The largest absolute Gasteiger partial charge is 0.380 e. The number of ether oxygens (including phenoxy) is 1. The summed E-state index contributed by atoms with van der Waals surface area (Å²) in [5.41, 5.74) is 2.00. The van der Waals surface area contributed by atoms with Crippen molar-refractivity contribution in [2.24, 2.45) is 4.99 Å². The first-order valence-corrected chi connectivity index (χ1v) is 7.45. The Balaban J connectivity index is 1.82. The van der Waals surface area contributed by atoms with Crippen LogP contribution in [0, 0.1) is 0 Å². The maximum absolute atomic E-state index is 5.28. The molecule has 2 aromatic rings. The molecule has 0 amide bonds. The van der Waals surface area contributed by atoms with E-state index in [0.717, 1.165) is 30.5 Å². The lowest BCUT2D eigenvalue weighted by atomic mass is 10.3. The number of aliphatic imine (C=N–C) groups is 1. The Hall–Kier alpha value is -2.34. The van der Waals surface area contributed by atoms with Crippen LogP contribution in [0.5, 0.6) is 0 Å². The van der Waals surface area contributed by atoms with Gasteiger partial charge in [0.2, 0.25) is 0 Å². The summed E-state index contributed by atoms with van der Waals surface area (Å²) in [6.07, 6.45) is 1.96. The fraction of sp³-hybridized carbons (Fsp3) is 0.375. The Labute approximate surface area is 131 Å². The van der Waals surface area contributed by atoms with E-state index in [1.165, 1.54) is 0 Å². The normalized spacial score (nSPS) is 11.5. The number of benzene rings is 1. The monoisotopic (exact) mass is 301 g/mol. The number of nitrogens with one attached hydrogen (secondary N) is 2. The topological polar surface area (TPSA) is 63.5 Å². The van der Waals surface area contributed by atoms with E-state index in [-0.39, 0.29) is 0 Å². The Morgan fingerprint density at radius 1 is 1.23 bits per heavy atom. The number of hydrogen-bond acceptors (Lipinski definition) is 3. The number of guanidine groups is 1. The highest BCUT2D eigenvalue weighted by Crippen LogP contribution is 2.06. The molecule has 0 aliphatic carbocycles. The van der Waals surface area contributed by atoms with Gasteiger partial charge in [-0.2, -0.15) is 5.10 Å². The highest BCUT2D eigenvalue weighted by Gasteiger charge is 2.02. The van der Waals surface area contributed by atoms with Gasteiger partial charge in [0.1, 0.15) is 0 Å². The molecule has 6 nitrogen and oxygen atoms in total. The maximum atomic E-state index is 5.28. The molecule has 0 saturated carbocycles. The first kappa shape index (κ1) is 16.0. The minimum Gasteiger partial charge on any atom is -0.380 e. The SMILES string of the molecule is CCOCCNC(=NC)NCc1ccn(-c2ccccc2)n1. The van der Waals surface area contributed by atoms with Crippen LogP contribution in [-0.2, 0) is 11.3 Å². The molecule has 0 atom stereocenters. The predicted octanol–water partition coefficient (Wildman–Crippen LogP) is 1.57. The van der Waals surface area contributed by atoms with Gasteiger partial charge in [0.25, 0.3) is 0 Å². The van der Waals surface area contributed by atoms with Crippen molar-refractivity contribution in [3.05, 3.63) is 48.3 Å². The molecule has 2 rings (SSSR count). The second kappa shape index (κ2) is 8.84. The first-order valence-electron chi connectivity index (χ1n) is 7.45. The lowest BCUT2D eigenvalue weighted by Gasteiger charge is -2.10. The minimum atomic E-state index is 0.619. The van der Waals surface area contributed by atoms with E-state index < -0.39 is 0 Å². The Kier molecular flexibility index (Phi) is 6.44. The molecule has 0 bridgehead atoms. The molecular formula is C16H23N5O. The van der Waals surface area contributed by atoms with Crippen LogP contribution in [0.15, 0.2) is 47.6 Å². The van der Waals surface area contributed by atoms with Gasteiger partial charge in [-0.3, -0.25) is 4.99 Å². The van der Waals surface area contributed by atoms with Crippen LogP contribution in [0.25, 0.3) is 5.69 Å². The van der Waals surface area contributed by atoms with Crippen LogP contribution in [-0.4, -0.2) is 42.5 Å². The first-order chi connectivity index (χ1) is 10.8. The summed E-state index contributed by atoms with van der Waals surface area (Å²) in [6, 6.07) is 12.0. The van der Waals surface area contributed by atoms with Crippen molar-refractivity contribution in [1.29, 1.82) is 0 Å². The van der Waals surface area contributed by atoms with Gasteiger partial charge in [0.05, 0.1) is 24.5 Å². The predicted molar refractivity (Wildman–Crippen MR) is 88.3 cm³/mol. The molecule has 118 valence electrons. The van der Waals surface area contributed by atoms with E-state index in [9.17, 15) is 0 Å². The smallest absolute Gasteiger partial charge is 0.191 e. The van der Waals surface area contributed by atoms with Crippen LogP contribution in [0.2, 0.25) is 0 Å². The fourth-order valence-electron chi connectivity index (χ4n) is 1.96. The van der Waals surface area contributed by atoms with Crippen molar-refractivity contribution in [1.82, 2.24) is 20.4 Å². The van der Waals surface area contributed by atoms with Crippen LogP contribution < -0.4 is 10.6 Å². The van der Waals surface area contributed by atoms with Crippen LogP contribution in [0.4, 0.5) is 0 Å². The molecule has 1 aromatic heterocycles. The number of hydrogen-bond donors (Lipinski definition) is 2. The van der Waals surface area contributed by atoms with Crippen LogP contribution >= 0.6 is 0 Å². The molecule has 0 unspecified atom stereocenters. The molecule has 1 aromatic carbocycles. The Morgan fingerprint density at radius 2 is 2.05 bits per heavy atom. The average Bonchev–Trinajstić information content (AvgIpc) is 3.04. The molecule has 2 N–H and O–H groups in total. The summed E-state index contributed by atoms with van der Waals surface area (Å²) in [4.78, 5) is 4.17. The summed E-state index contributed by atoms with van der Waals surface area (Å²) in [6.45, 7) is 4.72. The van der Waals surface area contributed by atoms with Gasteiger partial charge >= 0.3 is 0 Å². The zero-order chi connectivity index (χ0) is 15.6. The standard InChI is InChI=1S/C16H23N5O/c1-3-22-12-10-18-16(17-2)19-13-14-9-11-21(20-14)15-7-5-4-6-8-15/h4-9,11H,3,10,12-13H2,1-2H3,(H2,17,18,19). The molecule has 0 aliphatic rings. The van der Waals surface area contributed by atoms with Crippen molar-refractivity contribution in [2.75, 3.05) is 26.8 Å². The van der Waals surface area contributed by atoms with Crippen molar-refractivity contribution in [2.45, 2.75) is 13.5 Å². The van der Waals surface area contributed by atoms with Gasteiger partial charge < -0.3 is 15.4 Å². The lowest BCUT2D eigenvalue weighted by Crippen LogP contribution is -2.38. The summed E-state index contributed by atoms with van der Waals surface area (Å²) in [7, 11) is 1.75. The summed E-state index contributed by atoms with van der Waals surface area (Å²) in [5, 5.41) is 11.0. The van der Waals surface area contributed by atoms with E-state index in [1.807, 2.05) is 54.2 Å². The molecule has 0 saturated heterocycles. The third-order valence-electron chi connectivity index (χ3n) is 3.07. The van der Waals surface area contributed by atoms with Crippen LogP contribution in [0.1, 0.15) is 12.6 Å². The second-order valence-electron chi connectivity index (χ2n) is 4.64. The Morgan fingerprint density at radius 3 is 2.77 bits per heavy atom. The van der Waals surface area contributed by atoms with E-state index in [1.54, 1.807) is 7.05 Å². The number of rotatable bonds is 7. The average molecular weight is 301 g/mol. The zero-order valence-electron chi connectivity index (χ0n) is 13.1. The van der Waals surface area contributed by atoms with Gasteiger partial charge in [0, 0.05) is 26.4 Å². The van der Waals surface area contributed by atoms with Gasteiger partial charge in [-0.1, -0.05) is 18.2 Å². The van der Waals surface area contributed by atoms with Gasteiger partial charge in [-0.25, -0.2) is 4.68 Å². The van der Waals surface area contributed by atoms with Gasteiger partial charge in [-0.15, -0.1) is 0 Å². The van der Waals surface area contributed by atoms with Crippen molar-refractivity contribution in [3.63, 3.8) is 0 Å². The summed E-state index contributed by atoms with van der Waals surface area (Å²) < 4.78 is 7.15. The molecule has 0 spiro atoms. The number of para-hydroxylation sites is 1. The van der Waals surface area contributed by atoms with Crippen LogP contribution in [0.3, 0.4) is 0 Å². The molecule has 0 aliphatic heterocycles. The Bertz CT molecular complexity index is 579. The molecule has 22 heavy (non-hydrogen) atoms. The summed E-state index contributed by atoms with van der Waals surface area (Å²) >= 11 is 0. The minimum absolute atomic E-state index is 0.619. The second-order valence-corrected chi connectivity index (χ2v) is 4.64. The van der Waals surface area contributed by atoms with Crippen molar-refractivity contribution < 1.29 is 4.74 Å². The van der Waals surface area contributed by atoms with E-state index in [4.69, 9.17) is 4.74 Å². The quantitative estimate of drug-likeness (QED) is 0.463. The molecular weight excluding hydrogens is 278 g/mol. The van der Waals surface area contributed by atoms with Gasteiger partial charge in [-0.05, 0) is 25.1 Å². The molecule has 1 heterocycles. The third kappa shape index (κ3) is 4.89. The number of nitrogens with zero attached hydrogens (tertiary/aromatic N) is 3. The zero-order valence-corrected chi connectivity index (χ0v) is 13.1. The molecule has 6 heteroatoms. The number of aromatic nitrogens is 2. The molecule has 0 fully saturated rings. The third-order valence-corrected chi connectivity index (χ3v) is 3.07. The van der Waals surface area contributed by atoms with E-state index >= 15 is 0 Å². The van der Waals surface area contributed by atoms with E-state index in [0.29, 0.717) is 13.2 Å². The molecule has 0 radical (unpaired) electrons. The maximum Gasteiger partial charge on any atom is 0.191 e. The van der Waals surface area contributed by atoms with Crippen molar-refractivity contribution >= 4 is 5.96 Å². The highest BCUT2D eigenvalue weighted by molar-refractivity contribution is 5.79. The lowest BCUT2D eigenvalue weighted by molar-refractivity contribution is 0.152. The van der Waals surface area contributed by atoms with Gasteiger partial charge in [0.15, 0.2) is 5.96 Å². The van der Waals surface area contributed by atoms with E-state index in [2.05, 4.69) is 20.7 Å². The highest BCUT2D eigenvalue weighted by atomic mass is 16.5.